The fourth-order valence-corrected chi connectivity index (χ4v) is 2.54. The van der Waals surface area contributed by atoms with Gasteiger partial charge in [-0.2, -0.15) is 0 Å². The Morgan fingerprint density at radius 3 is 2.82 bits per heavy atom. The van der Waals surface area contributed by atoms with Gasteiger partial charge in [-0.3, -0.25) is 14.6 Å². The average Bonchev–Trinajstić information content (AvgIpc) is 2.56. The Kier molecular flexibility index (Phi) is 5.63. The monoisotopic (exact) mass is 305 g/mol. The summed E-state index contributed by atoms with van der Waals surface area (Å²) in [7, 11) is 0. The molecule has 6 heteroatoms. The first-order valence-electron chi connectivity index (χ1n) is 7.40. The number of likely N-dealkylation sites (tertiary alicyclic amines) is 1. The summed E-state index contributed by atoms with van der Waals surface area (Å²) in [5.41, 5.74) is 0.356. The molecule has 22 heavy (non-hydrogen) atoms. The van der Waals surface area contributed by atoms with Crippen LogP contribution in [0.25, 0.3) is 0 Å². The number of aromatic nitrogens is 1. The smallest absolute Gasteiger partial charge is 0.245 e. The topological polar surface area (TPSA) is 62.3 Å². The summed E-state index contributed by atoms with van der Waals surface area (Å²) in [5, 5.41) is 2.82. The second-order valence-corrected chi connectivity index (χ2v) is 5.28. The minimum atomic E-state index is -0.354. The number of hydrogen-bond acceptors (Lipinski definition) is 3. The van der Waals surface area contributed by atoms with Crippen molar-refractivity contribution in [3.63, 3.8) is 0 Å². The molecule has 1 aliphatic heterocycles. The number of pyridine rings is 1. The second-order valence-electron chi connectivity index (χ2n) is 5.28. The standard InChI is InChI=1S/C16H20FN3O2/c1-2-15(21)20-10-6-12(7-11-20)16(22)19-9-5-14-13(17)4-3-8-18-14/h2-4,8,12H,1,5-7,9-11H2,(H,19,22). The van der Waals surface area contributed by atoms with Crippen LogP contribution in [0.2, 0.25) is 0 Å². The van der Waals surface area contributed by atoms with Crippen LogP contribution in [0, 0.1) is 11.7 Å². The number of nitrogens with zero attached hydrogens (tertiary/aromatic N) is 2. The molecule has 0 aliphatic carbocycles. The van der Waals surface area contributed by atoms with Crippen LogP contribution < -0.4 is 5.32 Å². The summed E-state index contributed by atoms with van der Waals surface area (Å²) >= 11 is 0. The lowest BCUT2D eigenvalue weighted by atomic mass is 9.96. The maximum absolute atomic E-state index is 13.4. The van der Waals surface area contributed by atoms with Crippen molar-refractivity contribution in [1.82, 2.24) is 15.2 Å². The Balaban J connectivity index is 1.73. The molecule has 2 amide bonds. The highest BCUT2D eigenvalue weighted by atomic mass is 19.1. The zero-order chi connectivity index (χ0) is 15.9. The minimum absolute atomic E-state index is 0.0398. The van der Waals surface area contributed by atoms with Crippen LogP contribution >= 0.6 is 0 Å². The maximum atomic E-state index is 13.4. The van der Waals surface area contributed by atoms with Gasteiger partial charge >= 0.3 is 0 Å². The maximum Gasteiger partial charge on any atom is 0.245 e. The lowest BCUT2D eigenvalue weighted by molar-refractivity contribution is -0.132. The number of nitrogens with one attached hydrogen (secondary N) is 1. The first-order valence-corrected chi connectivity index (χ1v) is 7.40. The van der Waals surface area contributed by atoms with Crippen LogP contribution in [0.1, 0.15) is 18.5 Å². The van der Waals surface area contributed by atoms with Crippen molar-refractivity contribution in [2.75, 3.05) is 19.6 Å². The third-order valence-electron chi connectivity index (χ3n) is 3.85. The van der Waals surface area contributed by atoms with Gasteiger partial charge in [-0.1, -0.05) is 6.58 Å². The molecule has 1 saturated heterocycles. The van der Waals surface area contributed by atoms with E-state index >= 15 is 0 Å². The highest BCUT2D eigenvalue weighted by molar-refractivity contribution is 5.87. The molecule has 1 aromatic heterocycles. The number of piperidine rings is 1. The first-order chi connectivity index (χ1) is 10.6. The Hall–Kier alpha value is -2.24. The molecule has 0 unspecified atom stereocenters. The van der Waals surface area contributed by atoms with E-state index in [0.29, 0.717) is 44.6 Å². The molecule has 0 saturated carbocycles. The number of hydrogen-bond donors (Lipinski definition) is 1. The van der Waals surface area contributed by atoms with Gasteiger partial charge in [0.1, 0.15) is 5.82 Å². The van der Waals surface area contributed by atoms with Crippen molar-refractivity contribution >= 4 is 11.8 Å². The molecule has 1 aliphatic rings. The molecule has 0 bridgehead atoms. The second kappa shape index (κ2) is 7.68. The van der Waals surface area contributed by atoms with Crippen LogP contribution in [0.15, 0.2) is 31.0 Å². The molecular weight excluding hydrogens is 285 g/mol. The third kappa shape index (κ3) is 4.13. The van der Waals surface area contributed by atoms with Crippen molar-refractivity contribution in [3.8, 4) is 0 Å². The van der Waals surface area contributed by atoms with Gasteiger partial charge in [0.25, 0.3) is 0 Å². The zero-order valence-corrected chi connectivity index (χ0v) is 12.4. The zero-order valence-electron chi connectivity index (χ0n) is 12.4. The summed E-state index contributed by atoms with van der Waals surface area (Å²) in [5.74, 6) is -0.582. The average molecular weight is 305 g/mol. The van der Waals surface area contributed by atoms with E-state index in [4.69, 9.17) is 0 Å². The molecule has 1 aromatic rings. The van der Waals surface area contributed by atoms with Crippen molar-refractivity contribution < 1.29 is 14.0 Å². The number of carbonyl (C=O) groups is 2. The van der Waals surface area contributed by atoms with Crippen LogP contribution in [-0.2, 0) is 16.0 Å². The fraction of sp³-hybridized carbons (Fsp3) is 0.438. The van der Waals surface area contributed by atoms with Crippen molar-refractivity contribution in [1.29, 1.82) is 0 Å². The highest BCUT2D eigenvalue weighted by Gasteiger charge is 2.26. The van der Waals surface area contributed by atoms with Gasteiger partial charge < -0.3 is 10.2 Å². The van der Waals surface area contributed by atoms with E-state index in [1.54, 1.807) is 4.90 Å². The molecular formula is C16H20FN3O2. The molecule has 2 rings (SSSR count). The number of halogens is 1. The van der Waals surface area contributed by atoms with Crippen LogP contribution in [0.5, 0.6) is 0 Å². The predicted molar refractivity (Wildman–Crippen MR) is 80.4 cm³/mol. The van der Waals surface area contributed by atoms with Gasteiger partial charge in [-0.05, 0) is 31.1 Å². The van der Waals surface area contributed by atoms with E-state index in [2.05, 4.69) is 16.9 Å². The normalized spacial score (nSPS) is 15.4. The molecule has 0 aromatic carbocycles. The van der Waals surface area contributed by atoms with Gasteiger partial charge in [0.15, 0.2) is 0 Å². The lowest BCUT2D eigenvalue weighted by Crippen LogP contribution is -2.42. The first kappa shape index (κ1) is 16.1. The Bertz CT molecular complexity index is 554. The number of carbonyl (C=O) groups excluding carboxylic acids is 2. The molecule has 1 N–H and O–H groups in total. The molecule has 5 nitrogen and oxygen atoms in total. The van der Waals surface area contributed by atoms with Gasteiger partial charge in [-0.15, -0.1) is 0 Å². The highest BCUT2D eigenvalue weighted by Crippen LogP contribution is 2.17. The summed E-state index contributed by atoms with van der Waals surface area (Å²) < 4.78 is 13.4. The predicted octanol–water partition coefficient (Wildman–Crippen LogP) is 1.30. The van der Waals surface area contributed by atoms with Crippen LogP contribution in [0.3, 0.4) is 0 Å². The van der Waals surface area contributed by atoms with E-state index in [-0.39, 0.29) is 23.5 Å². The lowest BCUT2D eigenvalue weighted by Gasteiger charge is -2.30. The molecule has 0 atom stereocenters. The van der Waals surface area contributed by atoms with Gasteiger partial charge in [-0.25, -0.2) is 4.39 Å². The largest absolute Gasteiger partial charge is 0.355 e. The third-order valence-corrected chi connectivity index (χ3v) is 3.85. The van der Waals surface area contributed by atoms with Gasteiger partial charge in [0.2, 0.25) is 11.8 Å². The summed E-state index contributed by atoms with van der Waals surface area (Å²) in [6, 6.07) is 2.90. The minimum Gasteiger partial charge on any atom is -0.355 e. The SMILES string of the molecule is C=CC(=O)N1CCC(C(=O)NCCc2ncccc2F)CC1. The summed E-state index contributed by atoms with van der Waals surface area (Å²) in [6.07, 6.45) is 4.48. The van der Waals surface area contributed by atoms with E-state index in [1.807, 2.05) is 0 Å². The van der Waals surface area contributed by atoms with E-state index in [0.717, 1.165) is 0 Å². The fourth-order valence-electron chi connectivity index (χ4n) is 2.54. The number of rotatable bonds is 5. The van der Waals surface area contributed by atoms with Gasteiger partial charge in [0, 0.05) is 38.2 Å². The Labute approximate surface area is 129 Å². The molecule has 118 valence electrons. The van der Waals surface area contributed by atoms with Crippen molar-refractivity contribution in [2.24, 2.45) is 5.92 Å². The van der Waals surface area contributed by atoms with Gasteiger partial charge in [0.05, 0.1) is 5.69 Å². The van der Waals surface area contributed by atoms with E-state index < -0.39 is 0 Å². The van der Waals surface area contributed by atoms with Crippen molar-refractivity contribution in [3.05, 3.63) is 42.5 Å². The van der Waals surface area contributed by atoms with E-state index in [9.17, 15) is 14.0 Å². The molecule has 1 fully saturated rings. The Morgan fingerprint density at radius 2 is 2.18 bits per heavy atom. The molecule has 0 spiro atoms. The summed E-state index contributed by atoms with van der Waals surface area (Å²) in [6.45, 7) is 4.95. The molecule has 2 heterocycles. The Morgan fingerprint density at radius 1 is 1.45 bits per heavy atom. The number of amides is 2. The molecule has 0 radical (unpaired) electrons. The summed E-state index contributed by atoms with van der Waals surface area (Å²) in [4.78, 5) is 29.2. The quantitative estimate of drug-likeness (QED) is 0.834. The van der Waals surface area contributed by atoms with E-state index in [1.165, 1.54) is 24.4 Å². The van der Waals surface area contributed by atoms with Crippen LogP contribution in [0.4, 0.5) is 4.39 Å². The van der Waals surface area contributed by atoms with Crippen molar-refractivity contribution in [2.45, 2.75) is 19.3 Å². The van der Waals surface area contributed by atoms with Crippen LogP contribution in [-0.4, -0.2) is 41.3 Å².